The highest BCUT2D eigenvalue weighted by molar-refractivity contribution is 5.85. The molecule has 17 heavy (non-hydrogen) atoms. The molecule has 0 amide bonds. The van der Waals surface area contributed by atoms with E-state index in [2.05, 4.69) is 62.0 Å². The van der Waals surface area contributed by atoms with Gasteiger partial charge in [0.25, 0.3) is 0 Å². The highest BCUT2D eigenvalue weighted by Gasteiger charge is 2.21. The van der Waals surface area contributed by atoms with Gasteiger partial charge < -0.3 is 9.30 Å². The van der Waals surface area contributed by atoms with E-state index >= 15 is 0 Å². The molecule has 0 spiro atoms. The molecule has 2 heteroatoms. The van der Waals surface area contributed by atoms with Gasteiger partial charge in [-0.3, -0.25) is 0 Å². The van der Waals surface area contributed by atoms with E-state index in [1.165, 1.54) is 16.5 Å². The number of nitrogens with zero attached hydrogens (tertiary/aromatic N) is 1. The van der Waals surface area contributed by atoms with Crippen molar-refractivity contribution in [3.8, 4) is 0 Å². The Bertz CT molecular complexity index is 549. The highest BCUT2D eigenvalue weighted by atomic mass is 16.5. The van der Waals surface area contributed by atoms with E-state index < -0.39 is 0 Å². The van der Waals surface area contributed by atoms with Crippen LogP contribution in [0.15, 0.2) is 42.8 Å². The van der Waals surface area contributed by atoms with Crippen LogP contribution in [0, 0.1) is 0 Å². The summed E-state index contributed by atoms with van der Waals surface area (Å²) in [4.78, 5) is 0. The predicted molar refractivity (Wildman–Crippen MR) is 72.1 cm³/mol. The first-order chi connectivity index (χ1) is 8.06. The zero-order chi connectivity index (χ0) is 12.5. The van der Waals surface area contributed by atoms with Crippen molar-refractivity contribution in [2.24, 2.45) is 7.05 Å². The topological polar surface area (TPSA) is 14.2 Å². The number of rotatable bonds is 3. The molecule has 0 aliphatic carbocycles. The molecule has 0 unspecified atom stereocenters. The molecule has 90 valence electrons. The third kappa shape index (κ3) is 2.07. The molecule has 2 aromatic rings. The van der Waals surface area contributed by atoms with E-state index in [1.807, 2.05) is 0 Å². The number of aromatic nitrogens is 1. The maximum Gasteiger partial charge on any atom is 0.0793 e. The van der Waals surface area contributed by atoms with Crippen molar-refractivity contribution in [1.82, 2.24) is 4.57 Å². The molecular formula is C15H19NO. The fraction of sp³-hybridized carbons (Fsp3) is 0.333. The number of benzene rings is 1. The van der Waals surface area contributed by atoms with E-state index in [1.54, 1.807) is 13.4 Å². The van der Waals surface area contributed by atoms with Gasteiger partial charge in [0.1, 0.15) is 0 Å². The van der Waals surface area contributed by atoms with Crippen LogP contribution in [0.2, 0.25) is 0 Å². The van der Waals surface area contributed by atoms with Crippen LogP contribution < -0.4 is 0 Å². The van der Waals surface area contributed by atoms with Gasteiger partial charge >= 0.3 is 0 Å². The average molecular weight is 229 g/mol. The predicted octanol–water partition coefficient (Wildman–Crippen LogP) is 3.62. The van der Waals surface area contributed by atoms with Crippen molar-refractivity contribution in [3.63, 3.8) is 0 Å². The van der Waals surface area contributed by atoms with Gasteiger partial charge in [-0.2, -0.15) is 0 Å². The summed E-state index contributed by atoms with van der Waals surface area (Å²) in [7, 11) is 3.76. The minimum absolute atomic E-state index is 0.0309. The first-order valence-electron chi connectivity index (χ1n) is 5.81. The van der Waals surface area contributed by atoms with Gasteiger partial charge in [-0.1, -0.05) is 32.0 Å². The SMILES string of the molecule is CO/C=C/C(C)(C)c1cn(C)c2ccccc12. The number of aryl methyl sites for hydroxylation is 1. The van der Waals surface area contributed by atoms with E-state index in [-0.39, 0.29) is 5.41 Å². The quantitative estimate of drug-likeness (QED) is 0.733. The summed E-state index contributed by atoms with van der Waals surface area (Å²) in [6.45, 7) is 4.40. The molecule has 0 aliphatic rings. The Hall–Kier alpha value is -1.70. The fourth-order valence-electron chi connectivity index (χ4n) is 2.18. The molecule has 0 saturated heterocycles. The maximum absolute atomic E-state index is 5.03. The van der Waals surface area contributed by atoms with Crippen LogP contribution in [0.3, 0.4) is 0 Å². The van der Waals surface area contributed by atoms with Gasteiger partial charge in [0, 0.05) is 29.6 Å². The van der Waals surface area contributed by atoms with Crippen LogP contribution in [0.25, 0.3) is 10.9 Å². The Morgan fingerprint density at radius 3 is 2.65 bits per heavy atom. The summed E-state index contributed by atoms with van der Waals surface area (Å²) in [6, 6.07) is 8.48. The molecule has 0 atom stereocenters. The van der Waals surface area contributed by atoms with Crippen molar-refractivity contribution in [2.75, 3.05) is 7.11 Å². The molecular weight excluding hydrogens is 210 g/mol. The third-order valence-electron chi connectivity index (χ3n) is 3.21. The minimum Gasteiger partial charge on any atom is -0.505 e. The van der Waals surface area contributed by atoms with Crippen LogP contribution in [0.1, 0.15) is 19.4 Å². The Morgan fingerprint density at radius 2 is 1.94 bits per heavy atom. The van der Waals surface area contributed by atoms with Crippen molar-refractivity contribution in [3.05, 3.63) is 48.4 Å². The summed E-state index contributed by atoms with van der Waals surface area (Å²) in [5, 5.41) is 1.31. The van der Waals surface area contributed by atoms with E-state index in [9.17, 15) is 0 Å². The van der Waals surface area contributed by atoms with Gasteiger partial charge in [0.05, 0.1) is 13.4 Å². The molecule has 0 bridgehead atoms. The second-order valence-corrected chi connectivity index (χ2v) is 4.93. The maximum atomic E-state index is 5.03. The summed E-state index contributed by atoms with van der Waals surface area (Å²) in [6.07, 6.45) is 6.04. The number of para-hydroxylation sites is 1. The summed E-state index contributed by atoms with van der Waals surface area (Å²) >= 11 is 0. The molecule has 1 aromatic heterocycles. The van der Waals surface area contributed by atoms with Crippen LogP contribution >= 0.6 is 0 Å². The highest BCUT2D eigenvalue weighted by Crippen LogP contribution is 2.32. The van der Waals surface area contributed by atoms with Crippen LogP contribution in [0.4, 0.5) is 0 Å². The lowest BCUT2D eigenvalue weighted by molar-refractivity contribution is 0.333. The molecule has 2 rings (SSSR count). The fourth-order valence-corrected chi connectivity index (χ4v) is 2.18. The van der Waals surface area contributed by atoms with E-state index in [0.29, 0.717) is 0 Å². The monoisotopic (exact) mass is 229 g/mol. The van der Waals surface area contributed by atoms with Gasteiger partial charge in [-0.15, -0.1) is 0 Å². The van der Waals surface area contributed by atoms with Crippen molar-refractivity contribution < 1.29 is 4.74 Å². The Labute approximate surface area is 103 Å². The van der Waals surface area contributed by atoms with Crippen molar-refractivity contribution in [1.29, 1.82) is 0 Å². The Kier molecular flexibility index (Phi) is 2.97. The van der Waals surface area contributed by atoms with Crippen LogP contribution in [0.5, 0.6) is 0 Å². The zero-order valence-corrected chi connectivity index (χ0v) is 10.9. The van der Waals surface area contributed by atoms with Crippen LogP contribution in [-0.2, 0) is 17.2 Å². The molecule has 0 fully saturated rings. The molecule has 0 saturated carbocycles. The summed E-state index contributed by atoms with van der Waals surface area (Å²) in [5.74, 6) is 0. The number of allylic oxidation sites excluding steroid dienone is 1. The standard InChI is InChI=1S/C15H19NO/c1-15(2,9-10-17-4)13-11-16(3)14-8-6-5-7-12(13)14/h5-11H,1-4H3/b10-9+. The second-order valence-electron chi connectivity index (χ2n) is 4.93. The molecule has 1 aromatic carbocycles. The van der Waals surface area contributed by atoms with E-state index in [4.69, 9.17) is 4.74 Å². The van der Waals surface area contributed by atoms with Gasteiger partial charge in [-0.05, 0) is 17.7 Å². The number of fused-ring (bicyclic) bond motifs is 1. The lowest BCUT2D eigenvalue weighted by Gasteiger charge is -2.19. The third-order valence-corrected chi connectivity index (χ3v) is 3.21. The van der Waals surface area contributed by atoms with Crippen molar-refractivity contribution in [2.45, 2.75) is 19.3 Å². The first-order valence-corrected chi connectivity index (χ1v) is 5.81. The lowest BCUT2D eigenvalue weighted by atomic mass is 9.84. The minimum atomic E-state index is -0.0309. The Morgan fingerprint density at radius 1 is 1.24 bits per heavy atom. The van der Waals surface area contributed by atoms with Gasteiger partial charge in [0.2, 0.25) is 0 Å². The largest absolute Gasteiger partial charge is 0.505 e. The zero-order valence-electron chi connectivity index (χ0n) is 10.9. The smallest absolute Gasteiger partial charge is 0.0793 e. The van der Waals surface area contributed by atoms with Gasteiger partial charge in [0.15, 0.2) is 0 Å². The van der Waals surface area contributed by atoms with Gasteiger partial charge in [-0.25, -0.2) is 0 Å². The second kappa shape index (κ2) is 4.28. The first kappa shape index (κ1) is 11.8. The number of methoxy groups -OCH3 is 1. The number of ether oxygens (including phenoxy) is 1. The number of hydrogen-bond donors (Lipinski definition) is 0. The molecule has 0 radical (unpaired) electrons. The molecule has 0 N–H and O–H groups in total. The van der Waals surface area contributed by atoms with Crippen molar-refractivity contribution >= 4 is 10.9 Å². The van der Waals surface area contributed by atoms with Crippen LogP contribution in [-0.4, -0.2) is 11.7 Å². The van der Waals surface area contributed by atoms with E-state index in [0.717, 1.165) is 0 Å². The molecule has 2 nitrogen and oxygen atoms in total. The summed E-state index contributed by atoms with van der Waals surface area (Å²) in [5.41, 5.74) is 2.56. The summed E-state index contributed by atoms with van der Waals surface area (Å²) < 4.78 is 7.20. The average Bonchev–Trinajstić information content (AvgIpc) is 2.66. The normalized spacial score (nSPS) is 12.5. The molecule has 0 aliphatic heterocycles. The number of hydrogen-bond acceptors (Lipinski definition) is 1. The molecule has 1 heterocycles. The lowest BCUT2D eigenvalue weighted by Crippen LogP contribution is -2.12. The Balaban J connectivity index is 2.59.